The summed E-state index contributed by atoms with van der Waals surface area (Å²) in [5.41, 5.74) is 4.71. The highest BCUT2D eigenvalue weighted by molar-refractivity contribution is 5.77. The second-order valence-corrected chi connectivity index (χ2v) is 1.81. The lowest BCUT2D eigenvalue weighted by atomic mass is 10.2. The van der Waals surface area contributed by atoms with Gasteiger partial charge in [0.25, 0.3) is 5.70 Å². The van der Waals surface area contributed by atoms with Gasteiger partial charge in [0, 0.05) is 11.6 Å². The summed E-state index contributed by atoms with van der Waals surface area (Å²) in [7, 11) is 0. The zero-order valence-electron chi connectivity index (χ0n) is 6.27. The molecule has 0 spiro atoms. The fourth-order valence-electron chi connectivity index (χ4n) is 0.473. The molecule has 0 aromatic carbocycles. The van der Waals surface area contributed by atoms with Gasteiger partial charge in [0.1, 0.15) is 6.29 Å². The van der Waals surface area contributed by atoms with E-state index in [2.05, 4.69) is 6.58 Å². The van der Waals surface area contributed by atoms with Crippen molar-refractivity contribution in [1.82, 2.24) is 0 Å². The van der Waals surface area contributed by atoms with E-state index in [0.29, 0.717) is 6.29 Å². The maximum Gasteiger partial charge on any atom is 0.285 e. The summed E-state index contributed by atoms with van der Waals surface area (Å²) in [6.07, 6.45) is 3.52. The first-order chi connectivity index (χ1) is 5.65. The monoisotopic (exact) mass is 168 g/mol. The molecule has 12 heavy (non-hydrogen) atoms. The molecule has 0 aliphatic carbocycles. The predicted molar refractivity (Wildman–Crippen MR) is 43.6 cm³/mol. The van der Waals surface area contributed by atoms with Gasteiger partial charge >= 0.3 is 0 Å². The zero-order chi connectivity index (χ0) is 9.56. The number of carbonyl (C=O) groups excluding carboxylic acids is 1. The van der Waals surface area contributed by atoms with E-state index < -0.39 is 4.92 Å². The maximum atomic E-state index is 10.2. The Labute approximate surface area is 69.0 Å². The van der Waals surface area contributed by atoms with Crippen LogP contribution in [-0.4, -0.2) is 11.2 Å². The third-order valence-corrected chi connectivity index (χ3v) is 1.07. The standard InChI is InChI=1S/C7H8N2O3/c1-2-6(5-10)3-7(4-8)9(11)12/h2-5H,1,8H2/b6-3+,7-4-. The molecule has 2 N–H and O–H groups in total. The van der Waals surface area contributed by atoms with Gasteiger partial charge in [-0.25, -0.2) is 0 Å². The number of hydrogen-bond donors (Lipinski definition) is 1. The third kappa shape index (κ3) is 2.78. The molecule has 0 unspecified atom stereocenters. The van der Waals surface area contributed by atoms with Gasteiger partial charge in [0.15, 0.2) is 0 Å². The number of allylic oxidation sites excluding steroid dienone is 3. The second kappa shape index (κ2) is 4.84. The van der Waals surface area contributed by atoms with Crippen LogP contribution in [0.1, 0.15) is 0 Å². The molecule has 0 fully saturated rings. The molecule has 0 aliphatic heterocycles. The van der Waals surface area contributed by atoms with Crippen LogP contribution in [0.3, 0.4) is 0 Å². The van der Waals surface area contributed by atoms with E-state index in [1.54, 1.807) is 0 Å². The summed E-state index contributed by atoms with van der Waals surface area (Å²) in [5, 5.41) is 10.2. The summed E-state index contributed by atoms with van der Waals surface area (Å²) < 4.78 is 0. The van der Waals surface area contributed by atoms with E-state index in [-0.39, 0.29) is 11.3 Å². The first-order valence-corrected chi connectivity index (χ1v) is 3.01. The fourth-order valence-corrected chi connectivity index (χ4v) is 0.473. The molecular formula is C7H8N2O3. The molecule has 5 nitrogen and oxygen atoms in total. The van der Waals surface area contributed by atoms with Crippen molar-refractivity contribution in [3.05, 3.63) is 46.3 Å². The molecule has 0 atom stereocenters. The zero-order valence-corrected chi connectivity index (χ0v) is 6.27. The van der Waals surface area contributed by atoms with Gasteiger partial charge in [0.2, 0.25) is 0 Å². The Bertz CT molecular complexity index is 256. The fraction of sp³-hybridized carbons (Fsp3) is 0. The van der Waals surface area contributed by atoms with Gasteiger partial charge in [-0.2, -0.15) is 0 Å². The van der Waals surface area contributed by atoms with Crippen molar-refractivity contribution in [3.8, 4) is 0 Å². The summed E-state index contributed by atoms with van der Waals surface area (Å²) in [6, 6.07) is 0. The molecule has 0 aromatic rings. The number of nitrogens with zero attached hydrogens (tertiary/aromatic N) is 1. The van der Waals surface area contributed by atoms with Crippen molar-refractivity contribution in [2.45, 2.75) is 0 Å². The number of hydrogen-bond acceptors (Lipinski definition) is 4. The molecule has 64 valence electrons. The van der Waals surface area contributed by atoms with Gasteiger partial charge in [0.05, 0.1) is 11.1 Å². The van der Waals surface area contributed by atoms with Gasteiger partial charge in [-0.05, 0) is 0 Å². The van der Waals surface area contributed by atoms with Crippen LogP contribution < -0.4 is 5.73 Å². The number of nitrogens with two attached hydrogens (primary N) is 1. The minimum Gasteiger partial charge on any atom is -0.399 e. The normalized spacial score (nSPS) is 12.3. The number of carbonyl (C=O) groups is 1. The van der Waals surface area contributed by atoms with Crippen molar-refractivity contribution in [3.63, 3.8) is 0 Å². The highest BCUT2D eigenvalue weighted by Crippen LogP contribution is 2.00. The summed E-state index contributed by atoms with van der Waals surface area (Å²) in [5.74, 6) is 0. The Morgan fingerprint density at radius 2 is 2.17 bits per heavy atom. The predicted octanol–water partition coefficient (Wildman–Crippen LogP) is 0.374. The van der Waals surface area contributed by atoms with E-state index in [9.17, 15) is 14.9 Å². The minimum absolute atomic E-state index is 0.114. The van der Waals surface area contributed by atoms with Crippen LogP contribution in [0.25, 0.3) is 0 Å². The lowest BCUT2D eigenvalue weighted by molar-refractivity contribution is -0.419. The molecule has 0 radical (unpaired) electrons. The number of rotatable bonds is 4. The molecule has 0 aliphatic rings. The van der Waals surface area contributed by atoms with E-state index in [1.165, 1.54) is 6.08 Å². The van der Waals surface area contributed by atoms with Crippen molar-refractivity contribution in [1.29, 1.82) is 0 Å². The van der Waals surface area contributed by atoms with Crippen molar-refractivity contribution < 1.29 is 9.72 Å². The highest BCUT2D eigenvalue weighted by atomic mass is 16.6. The lowest BCUT2D eigenvalue weighted by Crippen LogP contribution is -2.00. The summed E-state index contributed by atoms with van der Waals surface area (Å²) >= 11 is 0. The molecule has 0 saturated carbocycles. The molecule has 0 aromatic heterocycles. The Hall–Kier alpha value is -1.91. The third-order valence-electron chi connectivity index (χ3n) is 1.07. The maximum absolute atomic E-state index is 10.2. The molecule has 0 rings (SSSR count). The van der Waals surface area contributed by atoms with Crippen LogP contribution in [-0.2, 0) is 4.79 Å². The quantitative estimate of drug-likeness (QED) is 0.216. The molecule has 0 heterocycles. The Morgan fingerprint density at radius 1 is 1.58 bits per heavy atom. The number of nitro groups is 1. The van der Waals surface area contributed by atoms with Crippen LogP contribution in [0.5, 0.6) is 0 Å². The van der Waals surface area contributed by atoms with Gasteiger partial charge in [-0.15, -0.1) is 0 Å². The Balaban J connectivity index is 4.80. The van der Waals surface area contributed by atoms with E-state index >= 15 is 0 Å². The summed E-state index contributed by atoms with van der Waals surface area (Å²) in [4.78, 5) is 19.7. The molecule has 0 saturated heterocycles. The van der Waals surface area contributed by atoms with E-state index in [4.69, 9.17) is 5.73 Å². The van der Waals surface area contributed by atoms with Crippen LogP contribution in [0.4, 0.5) is 0 Å². The Morgan fingerprint density at radius 3 is 2.42 bits per heavy atom. The highest BCUT2D eigenvalue weighted by Gasteiger charge is 2.05. The van der Waals surface area contributed by atoms with Crippen LogP contribution in [0.2, 0.25) is 0 Å². The average molecular weight is 168 g/mol. The van der Waals surface area contributed by atoms with E-state index in [0.717, 1.165) is 12.3 Å². The van der Waals surface area contributed by atoms with Gasteiger partial charge in [-0.3, -0.25) is 14.9 Å². The van der Waals surface area contributed by atoms with Crippen molar-refractivity contribution in [2.24, 2.45) is 5.73 Å². The van der Waals surface area contributed by atoms with Gasteiger partial charge < -0.3 is 5.73 Å². The molecular weight excluding hydrogens is 160 g/mol. The SMILES string of the molecule is C=C/C(C=O)=C\C(=C\N)[N+](=O)[O-]. The molecule has 0 bridgehead atoms. The van der Waals surface area contributed by atoms with Gasteiger partial charge in [-0.1, -0.05) is 12.7 Å². The van der Waals surface area contributed by atoms with Crippen LogP contribution in [0, 0.1) is 10.1 Å². The topological polar surface area (TPSA) is 86.2 Å². The van der Waals surface area contributed by atoms with E-state index in [1.807, 2.05) is 0 Å². The second-order valence-electron chi connectivity index (χ2n) is 1.81. The minimum atomic E-state index is -0.688. The van der Waals surface area contributed by atoms with Crippen LogP contribution >= 0.6 is 0 Å². The largest absolute Gasteiger partial charge is 0.399 e. The smallest absolute Gasteiger partial charge is 0.285 e. The Kier molecular flexibility index (Phi) is 4.07. The van der Waals surface area contributed by atoms with Crippen molar-refractivity contribution >= 4 is 6.29 Å². The molecule has 5 heteroatoms. The lowest BCUT2D eigenvalue weighted by Gasteiger charge is -1.89. The number of aldehydes is 1. The van der Waals surface area contributed by atoms with Crippen LogP contribution in [0.15, 0.2) is 36.2 Å². The first-order valence-electron chi connectivity index (χ1n) is 3.01. The molecule has 0 amide bonds. The summed E-state index contributed by atoms with van der Waals surface area (Å²) in [6.45, 7) is 3.29. The van der Waals surface area contributed by atoms with Crippen molar-refractivity contribution in [2.75, 3.05) is 0 Å². The average Bonchev–Trinajstić information content (AvgIpc) is 2.06. The first kappa shape index (κ1) is 10.1.